The molecule has 22 heavy (non-hydrogen) atoms. The number of rotatable bonds is 8. The first-order valence-corrected chi connectivity index (χ1v) is 9.58. The van der Waals surface area contributed by atoms with Crippen molar-refractivity contribution in [2.75, 3.05) is 31.1 Å². The Bertz CT molecular complexity index is 460. The van der Waals surface area contributed by atoms with E-state index in [4.69, 9.17) is 11.6 Å². The summed E-state index contributed by atoms with van der Waals surface area (Å²) in [7, 11) is 0. The molecule has 5 heteroatoms. The van der Waals surface area contributed by atoms with Crippen molar-refractivity contribution in [3.63, 3.8) is 0 Å². The standard InChI is InChI=1S/C17H25ClN2OS/c1-2-22-12-9-17(21)19-13-16(20-10-3-4-11-20)14-5-7-15(18)8-6-14/h5-8,16H,2-4,9-13H2,1H3,(H,19,21)/t16-/m0/s1. The van der Waals surface area contributed by atoms with E-state index in [1.807, 2.05) is 23.9 Å². The molecule has 1 heterocycles. The van der Waals surface area contributed by atoms with E-state index >= 15 is 0 Å². The molecule has 3 nitrogen and oxygen atoms in total. The van der Waals surface area contributed by atoms with E-state index in [9.17, 15) is 4.79 Å². The zero-order valence-electron chi connectivity index (χ0n) is 13.2. The Morgan fingerprint density at radius 3 is 2.64 bits per heavy atom. The third kappa shape index (κ3) is 5.49. The summed E-state index contributed by atoms with van der Waals surface area (Å²) in [6.07, 6.45) is 3.09. The molecular weight excluding hydrogens is 316 g/mol. The molecule has 1 N–H and O–H groups in total. The number of halogens is 1. The van der Waals surface area contributed by atoms with Crippen LogP contribution in [0.5, 0.6) is 0 Å². The first-order chi connectivity index (χ1) is 10.7. The molecule has 0 unspecified atom stereocenters. The van der Waals surface area contributed by atoms with Gasteiger partial charge in [0.05, 0.1) is 6.04 Å². The van der Waals surface area contributed by atoms with E-state index in [0.29, 0.717) is 13.0 Å². The van der Waals surface area contributed by atoms with E-state index in [0.717, 1.165) is 29.6 Å². The van der Waals surface area contributed by atoms with Crippen molar-refractivity contribution >= 4 is 29.3 Å². The van der Waals surface area contributed by atoms with E-state index < -0.39 is 0 Å². The normalized spacial score (nSPS) is 16.6. The smallest absolute Gasteiger partial charge is 0.220 e. The number of carbonyl (C=O) groups excluding carboxylic acids is 1. The molecule has 0 radical (unpaired) electrons. The van der Waals surface area contributed by atoms with Crippen molar-refractivity contribution in [1.82, 2.24) is 10.2 Å². The second-order valence-corrected chi connectivity index (χ2v) is 7.39. The maximum Gasteiger partial charge on any atom is 0.220 e. The van der Waals surface area contributed by atoms with Gasteiger partial charge in [0, 0.05) is 23.7 Å². The largest absolute Gasteiger partial charge is 0.354 e. The fourth-order valence-electron chi connectivity index (χ4n) is 2.80. The number of nitrogens with one attached hydrogen (secondary N) is 1. The third-order valence-electron chi connectivity index (χ3n) is 4.01. The summed E-state index contributed by atoms with van der Waals surface area (Å²) in [6.45, 7) is 5.01. The average Bonchev–Trinajstić information content (AvgIpc) is 3.04. The minimum Gasteiger partial charge on any atom is -0.354 e. The summed E-state index contributed by atoms with van der Waals surface area (Å²) in [5, 5.41) is 3.86. The first kappa shape index (κ1) is 17.6. The summed E-state index contributed by atoms with van der Waals surface area (Å²) in [5.74, 6) is 2.12. The van der Waals surface area contributed by atoms with Gasteiger partial charge < -0.3 is 5.32 Å². The van der Waals surface area contributed by atoms with Gasteiger partial charge >= 0.3 is 0 Å². The Morgan fingerprint density at radius 1 is 1.32 bits per heavy atom. The molecule has 0 aliphatic carbocycles. The molecule has 0 aromatic heterocycles. The molecule has 1 saturated heterocycles. The van der Waals surface area contributed by atoms with Crippen LogP contribution in [0.3, 0.4) is 0 Å². The van der Waals surface area contributed by atoms with Gasteiger partial charge in [-0.3, -0.25) is 9.69 Å². The van der Waals surface area contributed by atoms with E-state index in [-0.39, 0.29) is 11.9 Å². The molecule has 1 amide bonds. The van der Waals surface area contributed by atoms with Gasteiger partial charge in [0.15, 0.2) is 0 Å². The second-order valence-electron chi connectivity index (χ2n) is 5.56. The molecule has 122 valence electrons. The Kier molecular flexibility index (Phi) is 7.56. The number of carbonyl (C=O) groups is 1. The minimum atomic E-state index is 0.152. The lowest BCUT2D eigenvalue weighted by Gasteiger charge is -2.28. The van der Waals surface area contributed by atoms with Crippen molar-refractivity contribution in [2.45, 2.75) is 32.2 Å². The highest BCUT2D eigenvalue weighted by atomic mass is 35.5. The van der Waals surface area contributed by atoms with E-state index in [2.05, 4.69) is 29.3 Å². The van der Waals surface area contributed by atoms with Crippen LogP contribution in [0.25, 0.3) is 0 Å². The van der Waals surface area contributed by atoms with Crippen LogP contribution in [0.15, 0.2) is 24.3 Å². The van der Waals surface area contributed by atoms with Crippen LogP contribution in [-0.2, 0) is 4.79 Å². The number of hydrogen-bond donors (Lipinski definition) is 1. The van der Waals surface area contributed by atoms with E-state index in [1.54, 1.807) is 0 Å². The molecule has 1 aromatic rings. The monoisotopic (exact) mass is 340 g/mol. The molecule has 1 aliphatic heterocycles. The number of thioether (sulfide) groups is 1. The number of hydrogen-bond acceptors (Lipinski definition) is 3. The maximum absolute atomic E-state index is 12.0. The van der Waals surface area contributed by atoms with E-state index in [1.165, 1.54) is 18.4 Å². The highest BCUT2D eigenvalue weighted by molar-refractivity contribution is 7.99. The van der Waals surface area contributed by atoms with Gasteiger partial charge in [-0.1, -0.05) is 30.7 Å². The molecule has 1 aliphatic rings. The van der Waals surface area contributed by atoms with Crippen LogP contribution in [0.4, 0.5) is 0 Å². The quantitative estimate of drug-likeness (QED) is 0.732. The van der Waals surface area contributed by atoms with Gasteiger partial charge in [0.2, 0.25) is 5.91 Å². The summed E-state index contributed by atoms with van der Waals surface area (Å²) in [6, 6.07) is 8.26. The summed E-state index contributed by atoms with van der Waals surface area (Å²) < 4.78 is 0. The predicted molar refractivity (Wildman–Crippen MR) is 95.6 cm³/mol. The van der Waals surface area contributed by atoms with Crippen molar-refractivity contribution in [3.8, 4) is 0 Å². The van der Waals surface area contributed by atoms with Gasteiger partial charge in [-0.25, -0.2) is 0 Å². The highest BCUT2D eigenvalue weighted by Gasteiger charge is 2.23. The molecule has 0 saturated carbocycles. The Hall–Kier alpha value is -0.710. The predicted octanol–water partition coefficient (Wildman–Crippen LogP) is 3.74. The van der Waals surface area contributed by atoms with Gasteiger partial charge in [-0.05, 0) is 49.4 Å². The molecule has 1 aromatic carbocycles. The van der Waals surface area contributed by atoms with Crippen LogP contribution in [0.2, 0.25) is 5.02 Å². The lowest BCUT2D eigenvalue weighted by atomic mass is 10.1. The lowest BCUT2D eigenvalue weighted by molar-refractivity contribution is -0.120. The third-order valence-corrected chi connectivity index (χ3v) is 5.16. The van der Waals surface area contributed by atoms with Crippen LogP contribution in [0.1, 0.15) is 37.8 Å². The fraction of sp³-hybridized carbons (Fsp3) is 0.588. The van der Waals surface area contributed by atoms with Crippen molar-refractivity contribution < 1.29 is 4.79 Å². The summed E-state index contributed by atoms with van der Waals surface area (Å²) in [4.78, 5) is 14.4. The SMILES string of the molecule is CCSCCC(=O)NC[C@@H](c1ccc(Cl)cc1)N1CCCC1. The maximum atomic E-state index is 12.0. The van der Waals surface area contributed by atoms with Gasteiger partial charge in [-0.2, -0.15) is 11.8 Å². The first-order valence-electron chi connectivity index (χ1n) is 8.04. The summed E-state index contributed by atoms with van der Waals surface area (Å²) in [5.41, 5.74) is 1.23. The van der Waals surface area contributed by atoms with Crippen LogP contribution < -0.4 is 5.32 Å². The minimum absolute atomic E-state index is 0.152. The molecule has 0 spiro atoms. The van der Waals surface area contributed by atoms with Crippen LogP contribution >= 0.6 is 23.4 Å². The number of likely N-dealkylation sites (tertiary alicyclic amines) is 1. The zero-order valence-corrected chi connectivity index (χ0v) is 14.8. The fourth-order valence-corrected chi connectivity index (χ4v) is 3.55. The lowest BCUT2D eigenvalue weighted by Crippen LogP contribution is -2.36. The Labute approximate surface area is 142 Å². The van der Waals surface area contributed by atoms with Crippen molar-refractivity contribution in [1.29, 1.82) is 0 Å². The Balaban J connectivity index is 1.93. The molecule has 1 atom stereocenters. The average molecular weight is 341 g/mol. The molecule has 0 bridgehead atoms. The number of benzene rings is 1. The van der Waals surface area contributed by atoms with Crippen molar-refractivity contribution in [2.24, 2.45) is 0 Å². The molecule has 2 rings (SSSR count). The van der Waals surface area contributed by atoms with Gasteiger partial charge in [-0.15, -0.1) is 0 Å². The molecule has 1 fully saturated rings. The van der Waals surface area contributed by atoms with Gasteiger partial charge in [0.1, 0.15) is 0 Å². The number of nitrogens with zero attached hydrogens (tertiary/aromatic N) is 1. The van der Waals surface area contributed by atoms with Crippen LogP contribution in [0, 0.1) is 0 Å². The van der Waals surface area contributed by atoms with Crippen LogP contribution in [-0.4, -0.2) is 41.9 Å². The van der Waals surface area contributed by atoms with Crippen molar-refractivity contribution in [3.05, 3.63) is 34.9 Å². The second kappa shape index (κ2) is 9.43. The summed E-state index contributed by atoms with van der Waals surface area (Å²) >= 11 is 7.80. The topological polar surface area (TPSA) is 32.3 Å². The highest BCUT2D eigenvalue weighted by Crippen LogP contribution is 2.25. The Morgan fingerprint density at radius 2 is 2.00 bits per heavy atom. The number of amides is 1. The molecular formula is C17H25ClN2OS. The van der Waals surface area contributed by atoms with Gasteiger partial charge in [0.25, 0.3) is 0 Å². The zero-order chi connectivity index (χ0) is 15.8.